The first-order chi connectivity index (χ1) is 18.1. The van der Waals surface area contributed by atoms with E-state index in [9.17, 15) is 19.2 Å². The minimum Gasteiger partial charge on any atom is -0.491 e. The van der Waals surface area contributed by atoms with Crippen molar-refractivity contribution in [2.45, 2.75) is 65.6 Å². The van der Waals surface area contributed by atoms with Gasteiger partial charge in [0.15, 0.2) is 0 Å². The smallest absolute Gasteiger partial charge is 0.255 e. The van der Waals surface area contributed by atoms with E-state index in [1.165, 1.54) is 0 Å². The zero-order chi connectivity index (χ0) is 27.8. The highest BCUT2D eigenvalue weighted by molar-refractivity contribution is 6.01. The molecule has 0 radical (unpaired) electrons. The zero-order valence-electron chi connectivity index (χ0n) is 23.4. The molecule has 2 aliphatic heterocycles. The minimum atomic E-state index is -1.07. The molecule has 2 heterocycles. The number of nitrogens with one attached hydrogen (secondary N) is 2. The van der Waals surface area contributed by atoms with Crippen LogP contribution in [0.25, 0.3) is 0 Å². The van der Waals surface area contributed by atoms with Gasteiger partial charge >= 0.3 is 0 Å². The molecule has 4 amide bonds. The molecule has 2 aliphatic rings. The number of fused-ring (bicyclic) bond motifs is 1. The maximum Gasteiger partial charge on any atom is 0.255 e. The molecule has 0 unspecified atom stereocenters. The quantitative estimate of drug-likeness (QED) is 0.598. The number of piperazine rings is 1. The van der Waals surface area contributed by atoms with Gasteiger partial charge in [-0.05, 0) is 45.2 Å². The predicted molar refractivity (Wildman–Crippen MR) is 145 cm³/mol. The van der Waals surface area contributed by atoms with Crippen molar-refractivity contribution in [3.8, 4) is 5.75 Å². The standard InChI is InChI=1S/C28H43N5O5/c1-6-31-15-16-38-24-10-8-7-9-21(24)26(35)30-23(18-25(34)29-22(27(31)36)17-19(2)3)28(37)33-13-11-32(12-14-33)20(4)5/h7-10,19-20,22-23H,6,11-18H2,1-5H3,(H,29,34)(H,30,35)/t22-,23-/m0/s1. The highest BCUT2D eigenvalue weighted by Crippen LogP contribution is 2.19. The molecule has 1 aromatic carbocycles. The van der Waals surface area contributed by atoms with E-state index < -0.39 is 23.9 Å². The summed E-state index contributed by atoms with van der Waals surface area (Å²) >= 11 is 0. The predicted octanol–water partition coefficient (Wildman–Crippen LogP) is 1.50. The molecule has 2 N–H and O–H groups in total. The van der Waals surface area contributed by atoms with Crippen LogP contribution in [0.3, 0.4) is 0 Å². The number of para-hydroxylation sites is 1. The molecule has 1 aromatic rings. The van der Waals surface area contributed by atoms with Crippen molar-refractivity contribution < 1.29 is 23.9 Å². The Balaban J connectivity index is 1.90. The molecule has 1 fully saturated rings. The Morgan fingerprint density at radius 1 is 1.00 bits per heavy atom. The van der Waals surface area contributed by atoms with Crippen molar-refractivity contribution >= 4 is 23.6 Å². The normalized spacial score (nSPS) is 22.4. The lowest BCUT2D eigenvalue weighted by atomic mass is 10.0. The van der Waals surface area contributed by atoms with E-state index in [-0.39, 0.29) is 36.3 Å². The van der Waals surface area contributed by atoms with E-state index in [0.29, 0.717) is 44.4 Å². The third-order valence-electron chi connectivity index (χ3n) is 7.13. The molecule has 0 saturated carbocycles. The maximum atomic E-state index is 13.6. The average Bonchev–Trinajstić information content (AvgIpc) is 2.89. The molecule has 0 aromatic heterocycles. The molecule has 210 valence electrons. The number of nitrogens with zero attached hydrogens (tertiary/aromatic N) is 3. The lowest BCUT2D eigenvalue weighted by molar-refractivity contribution is -0.139. The van der Waals surface area contributed by atoms with Crippen LogP contribution in [0.2, 0.25) is 0 Å². The fraction of sp³-hybridized carbons (Fsp3) is 0.643. The zero-order valence-corrected chi connectivity index (χ0v) is 23.4. The van der Waals surface area contributed by atoms with Crippen molar-refractivity contribution in [2.24, 2.45) is 5.92 Å². The van der Waals surface area contributed by atoms with E-state index >= 15 is 0 Å². The van der Waals surface area contributed by atoms with Crippen LogP contribution in [0.1, 0.15) is 57.8 Å². The lowest BCUT2D eigenvalue weighted by Crippen LogP contribution is -2.57. The van der Waals surface area contributed by atoms with Crippen LogP contribution in [0.4, 0.5) is 0 Å². The summed E-state index contributed by atoms with van der Waals surface area (Å²) in [6.45, 7) is 13.6. The third kappa shape index (κ3) is 7.69. The lowest BCUT2D eigenvalue weighted by Gasteiger charge is -2.38. The van der Waals surface area contributed by atoms with Gasteiger partial charge in [-0.15, -0.1) is 0 Å². The minimum absolute atomic E-state index is 0.166. The van der Waals surface area contributed by atoms with Crippen molar-refractivity contribution in [2.75, 3.05) is 45.9 Å². The summed E-state index contributed by atoms with van der Waals surface area (Å²) in [6.07, 6.45) is 0.207. The first-order valence-electron chi connectivity index (χ1n) is 13.7. The Bertz CT molecular complexity index is 990. The largest absolute Gasteiger partial charge is 0.491 e. The van der Waals surface area contributed by atoms with Gasteiger partial charge in [-0.3, -0.25) is 24.1 Å². The van der Waals surface area contributed by atoms with E-state index in [1.807, 2.05) is 20.8 Å². The molecule has 0 aliphatic carbocycles. The van der Waals surface area contributed by atoms with Crippen LogP contribution < -0.4 is 15.4 Å². The van der Waals surface area contributed by atoms with Crippen molar-refractivity contribution in [3.63, 3.8) is 0 Å². The molecule has 2 atom stereocenters. The van der Waals surface area contributed by atoms with Gasteiger partial charge in [-0.2, -0.15) is 0 Å². The van der Waals surface area contributed by atoms with E-state index in [0.717, 1.165) is 13.1 Å². The monoisotopic (exact) mass is 529 g/mol. The van der Waals surface area contributed by atoms with Gasteiger partial charge in [0.1, 0.15) is 24.4 Å². The Hall–Kier alpha value is -3.14. The van der Waals surface area contributed by atoms with Crippen LogP contribution in [-0.4, -0.2) is 102 Å². The number of rotatable bonds is 5. The second kappa shape index (κ2) is 13.6. The molecule has 10 nitrogen and oxygen atoms in total. The number of ether oxygens (including phenoxy) is 1. The maximum absolute atomic E-state index is 13.6. The van der Waals surface area contributed by atoms with Crippen LogP contribution in [0.5, 0.6) is 5.75 Å². The summed E-state index contributed by atoms with van der Waals surface area (Å²) in [4.78, 5) is 59.2. The number of carbonyl (C=O) groups is 4. The molecular formula is C28H43N5O5. The molecule has 38 heavy (non-hydrogen) atoms. The first kappa shape index (κ1) is 29.4. The van der Waals surface area contributed by atoms with Crippen LogP contribution in [0.15, 0.2) is 24.3 Å². The molecule has 10 heteroatoms. The fourth-order valence-electron chi connectivity index (χ4n) is 4.94. The Morgan fingerprint density at radius 2 is 1.68 bits per heavy atom. The highest BCUT2D eigenvalue weighted by Gasteiger charge is 2.33. The van der Waals surface area contributed by atoms with Gasteiger partial charge in [-0.25, -0.2) is 0 Å². The fourth-order valence-corrected chi connectivity index (χ4v) is 4.94. The molecule has 0 spiro atoms. The number of amides is 4. The van der Waals surface area contributed by atoms with E-state index in [4.69, 9.17) is 4.74 Å². The Kier molecular flexibility index (Phi) is 10.5. The molecule has 1 saturated heterocycles. The SMILES string of the molecule is CCN1CCOc2ccccc2C(=O)N[C@H](C(=O)N2CCN(C(C)C)CC2)CC(=O)N[C@@H](CC(C)C)C1=O. The van der Waals surface area contributed by atoms with Crippen molar-refractivity contribution in [1.82, 2.24) is 25.3 Å². The molecule has 0 bridgehead atoms. The summed E-state index contributed by atoms with van der Waals surface area (Å²) in [5, 5.41) is 5.65. The number of benzene rings is 1. The summed E-state index contributed by atoms with van der Waals surface area (Å²) in [6, 6.07) is 5.39. The molecule has 3 rings (SSSR count). The van der Waals surface area contributed by atoms with Crippen LogP contribution in [0, 0.1) is 5.92 Å². The van der Waals surface area contributed by atoms with Gasteiger partial charge in [0, 0.05) is 38.8 Å². The Morgan fingerprint density at radius 3 is 2.32 bits per heavy atom. The third-order valence-corrected chi connectivity index (χ3v) is 7.13. The highest BCUT2D eigenvalue weighted by atomic mass is 16.5. The number of hydrogen-bond donors (Lipinski definition) is 2. The van der Waals surface area contributed by atoms with Gasteiger partial charge in [-0.1, -0.05) is 26.0 Å². The van der Waals surface area contributed by atoms with Gasteiger partial charge in [0.2, 0.25) is 17.7 Å². The van der Waals surface area contributed by atoms with Crippen molar-refractivity contribution in [1.29, 1.82) is 0 Å². The average molecular weight is 530 g/mol. The molecular weight excluding hydrogens is 486 g/mol. The van der Waals surface area contributed by atoms with E-state index in [2.05, 4.69) is 29.4 Å². The van der Waals surface area contributed by atoms with E-state index in [1.54, 1.807) is 34.1 Å². The summed E-state index contributed by atoms with van der Waals surface area (Å²) in [5.41, 5.74) is 0.277. The van der Waals surface area contributed by atoms with Gasteiger partial charge in [0.05, 0.1) is 18.5 Å². The van der Waals surface area contributed by atoms with Crippen molar-refractivity contribution in [3.05, 3.63) is 29.8 Å². The topological polar surface area (TPSA) is 111 Å². The second-order valence-electron chi connectivity index (χ2n) is 10.7. The number of hydrogen-bond acceptors (Lipinski definition) is 6. The van der Waals surface area contributed by atoms with Gasteiger partial charge in [0.25, 0.3) is 5.91 Å². The Labute approximate surface area is 226 Å². The number of likely N-dealkylation sites (N-methyl/N-ethyl adjacent to an activating group) is 1. The summed E-state index contributed by atoms with van der Waals surface area (Å²) in [5.74, 6) is -0.873. The summed E-state index contributed by atoms with van der Waals surface area (Å²) < 4.78 is 5.92. The van der Waals surface area contributed by atoms with Crippen LogP contribution >= 0.6 is 0 Å². The first-order valence-corrected chi connectivity index (χ1v) is 13.7. The second-order valence-corrected chi connectivity index (χ2v) is 10.7. The van der Waals surface area contributed by atoms with Gasteiger partial charge < -0.3 is 25.2 Å². The summed E-state index contributed by atoms with van der Waals surface area (Å²) in [7, 11) is 0. The van der Waals surface area contributed by atoms with Crippen LogP contribution in [-0.2, 0) is 14.4 Å². The number of carbonyl (C=O) groups excluding carboxylic acids is 4.